The first kappa shape index (κ1) is 16.0. The van der Waals surface area contributed by atoms with Crippen molar-refractivity contribution in [3.05, 3.63) is 30.1 Å². The summed E-state index contributed by atoms with van der Waals surface area (Å²) in [6.07, 6.45) is 5.40. The maximum absolute atomic E-state index is 12.6. The predicted molar refractivity (Wildman–Crippen MR) is 87.8 cm³/mol. The second-order valence-electron chi connectivity index (χ2n) is 6.79. The Kier molecular flexibility index (Phi) is 4.94. The van der Waals surface area contributed by atoms with E-state index in [1.165, 1.54) is 0 Å². The number of nitrogens with zero attached hydrogens (tertiary/aromatic N) is 3. The molecule has 0 aliphatic carbocycles. The molecule has 3 heterocycles. The van der Waals surface area contributed by atoms with Crippen LogP contribution in [-0.2, 0) is 4.79 Å². The molecule has 0 bridgehead atoms. The molecule has 23 heavy (non-hydrogen) atoms. The molecule has 2 saturated heterocycles. The number of rotatable bonds is 2. The first-order valence-corrected chi connectivity index (χ1v) is 8.64. The van der Waals surface area contributed by atoms with Crippen LogP contribution in [0.5, 0.6) is 0 Å². The average Bonchev–Trinajstić information content (AvgIpc) is 2.62. The average molecular weight is 315 g/mol. The molecule has 5 nitrogen and oxygen atoms in total. The van der Waals surface area contributed by atoms with E-state index in [1.807, 2.05) is 15.9 Å². The van der Waals surface area contributed by atoms with Gasteiger partial charge in [0, 0.05) is 38.3 Å². The number of hydrogen-bond donors (Lipinski definition) is 0. The smallest absolute Gasteiger partial charge is 0.272 e. The minimum Gasteiger partial charge on any atom is -0.342 e. The number of hydrogen-bond acceptors (Lipinski definition) is 3. The summed E-state index contributed by atoms with van der Waals surface area (Å²) in [6, 6.07) is 5.38. The Balaban J connectivity index is 1.52. The van der Waals surface area contributed by atoms with E-state index in [2.05, 4.69) is 11.9 Å². The van der Waals surface area contributed by atoms with Crippen LogP contribution in [0.4, 0.5) is 0 Å². The lowest BCUT2D eigenvalue weighted by Gasteiger charge is -2.36. The highest BCUT2D eigenvalue weighted by Crippen LogP contribution is 2.24. The lowest BCUT2D eigenvalue weighted by Crippen LogP contribution is -2.46. The molecule has 1 aromatic heterocycles. The zero-order valence-corrected chi connectivity index (χ0v) is 13.8. The Morgan fingerprint density at radius 2 is 1.65 bits per heavy atom. The summed E-state index contributed by atoms with van der Waals surface area (Å²) in [7, 11) is 0. The van der Waals surface area contributed by atoms with Gasteiger partial charge in [0.2, 0.25) is 5.91 Å². The molecule has 0 aromatic carbocycles. The molecule has 0 N–H and O–H groups in total. The van der Waals surface area contributed by atoms with E-state index in [9.17, 15) is 9.59 Å². The van der Waals surface area contributed by atoms with E-state index >= 15 is 0 Å². The number of carbonyl (C=O) groups excluding carboxylic acids is 2. The van der Waals surface area contributed by atoms with Gasteiger partial charge in [-0.3, -0.25) is 14.6 Å². The Morgan fingerprint density at radius 1 is 1.00 bits per heavy atom. The van der Waals surface area contributed by atoms with E-state index in [1.54, 1.807) is 18.3 Å². The van der Waals surface area contributed by atoms with Gasteiger partial charge in [-0.15, -0.1) is 0 Å². The molecule has 0 unspecified atom stereocenters. The van der Waals surface area contributed by atoms with E-state index < -0.39 is 0 Å². The van der Waals surface area contributed by atoms with Gasteiger partial charge in [-0.1, -0.05) is 13.0 Å². The van der Waals surface area contributed by atoms with Crippen LogP contribution in [0.3, 0.4) is 0 Å². The molecular weight excluding hydrogens is 290 g/mol. The van der Waals surface area contributed by atoms with Crippen LogP contribution >= 0.6 is 0 Å². The summed E-state index contributed by atoms with van der Waals surface area (Å²) in [5.74, 6) is 1.08. The maximum Gasteiger partial charge on any atom is 0.272 e. The number of amides is 2. The van der Waals surface area contributed by atoms with Gasteiger partial charge < -0.3 is 9.80 Å². The van der Waals surface area contributed by atoms with Crippen LogP contribution in [0.15, 0.2) is 24.4 Å². The van der Waals surface area contributed by atoms with Crippen LogP contribution in [0.25, 0.3) is 0 Å². The van der Waals surface area contributed by atoms with Crippen molar-refractivity contribution in [3.63, 3.8) is 0 Å². The molecule has 124 valence electrons. The van der Waals surface area contributed by atoms with Crippen LogP contribution in [0, 0.1) is 11.8 Å². The Morgan fingerprint density at radius 3 is 2.26 bits per heavy atom. The summed E-state index contributed by atoms with van der Waals surface area (Å²) >= 11 is 0. The number of piperidine rings is 2. The fraction of sp³-hybridized carbons (Fsp3) is 0.611. The normalized spacial score (nSPS) is 20.6. The predicted octanol–water partition coefficient (Wildman–Crippen LogP) is 2.19. The SMILES string of the molecule is CC1CCN(C(=O)C2CCN(C(=O)c3ccccn3)CC2)CC1. The highest BCUT2D eigenvalue weighted by molar-refractivity contribution is 5.92. The third-order valence-electron chi connectivity index (χ3n) is 5.11. The number of likely N-dealkylation sites (tertiary alicyclic amines) is 2. The minimum atomic E-state index is -0.0247. The topological polar surface area (TPSA) is 53.5 Å². The monoisotopic (exact) mass is 315 g/mol. The van der Waals surface area contributed by atoms with Crippen molar-refractivity contribution in [1.82, 2.24) is 14.8 Å². The Bertz CT molecular complexity index is 545. The molecule has 0 spiro atoms. The molecule has 0 atom stereocenters. The second kappa shape index (κ2) is 7.11. The highest BCUT2D eigenvalue weighted by Gasteiger charge is 2.31. The molecule has 0 saturated carbocycles. The Labute approximate surface area is 137 Å². The van der Waals surface area contributed by atoms with Crippen molar-refractivity contribution in [3.8, 4) is 0 Å². The number of aromatic nitrogens is 1. The van der Waals surface area contributed by atoms with Crippen LogP contribution in [0.1, 0.15) is 43.1 Å². The Hall–Kier alpha value is -1.91. The van der Waals surface area contributed by atoms with E-state index in [0.717, 1.165) is 44.7 Å². The van der Waals surface area contributed by atoms with Crippen molar-refractivity contribution >= 4 is 11.8 Å². The van der Waals surface area contributed by atoms with E-state index in [0.29, 0.717) is 24.7 Å². The van der Waals surface area contributed by atoms with Gasteiger partial charge in [0.15, 0.2) is 0 Å². The minimum absolute atomic E-state index is 0.0247. The molecule has 0 radical (unpaired) electrons. The lowest BCUT2D eigenvalue weighted by molar-refractivity contribution is -0.138. The first-order chi connectivity index (χ1) is 11.1. The molecule has 2 aliphatic rings. The van der Waals surface area contributed by atoms with Gasteiger partial charge in [0.05, 0.1) is 0 Å². The molecule has 2 aliphatic heterocycles. The zero-order valence-electron chi connectivity index (χ0n) is 13.8. The lowest BCUT2D eigenvalue weighted by atomic mass is 9.92. The highest BCUT2D eigenvalue weighted by atomic mass is 16.2. The molecule has 5 heteroatoms. The van der Waals surface area contributed by atoms with Crippen molar-refractivity contribution in [2.24, 2.45) is 11.8 Å². The summed E-state index contributed by atoms with van der Waals surface area (Å²) in [5, 5.41) is 0. The van der Waals surface area contributed by atoms with Crippen molar-refractivity contribution in [1.29, 1.82) is 0 Å². The zero-order chi connectivity index (χ0) is 16.2. The fourth-order valence-corrected chi connectivity index (χ4v) is 3.47. The van der Waals surface area contributed by atoms with Gasteiger partial charge in [-0.05, 0) is 43.7 Å². The maximum atomic E-state index is 12.6. The van der Waals surface area contributed by atoms with Gasteiger partial charge in [0.1, 0.15) is 5.69 Å². The third kappa shape index (κ3) is 3.71. The van der Waals surface area contributed by atoms with Crippen LogP contribution < -0.4 is 0 Å². The molecule has 3 rings (SSSR count). The van der Waals surface area contributed by atoms with E-state index in [-0.39, 0.29) is 11.8 Å². The molecule has 2 amide bonds. The van der Waals surface area contributed by atoms with Crippen LogP contribution in [-0.4, -0.2) is 52.8 Å². The number of pyridine rings is 1. The molecule has 2 fully saturated rings. The quantitative estimate of drug-likeness (QED) is 0.840. The standard InChI is InChI=1S/C18H25N3O2/c1-14-5-10-20(11-6-14)17(22)15-7-12-21(13-8-15)18(23)16-4-2-3-9-19-16/h2-4,9,14-15H,5-8,10-13H2,1H3. The van der Waals surface area contributed by atoms with Crippen molar-refractivity contribution < 1.29 is 9.59 Å². The van der Waals surface area contributed by atoms with Gasteiger partial charge >= 0.3 is 0 Å². The summed E-state index contributed by atoms with van der Waals surface area (Å²) in [4.78, 5) is 33.0. The summed E-state index contributed by atoms with van der Waals surface area (Å²) in [6.45, 7) is 5.34. The molecular formula is C18H25N3O2. The third-order valence-corrected chi connectivity index (χ3v) is 5.11. The fourth-order valence-electron chi connectivity index (χ4n) is 3.47. The van der Waals surface area contributed by atoms with Gasteiger partial charge in [0.25, 0.3) is 5.91 Å². The van der Waals surface area contributed by atoms with Gasteiger partial charge in [-0.25, -0.2) is 0 Å². The number of carbonyl (C=O) groups is 2. The molecule has 1 aromatic rings. The van der Waals surface area contributed by atoms with Gasteiger partial charge in [-0.2, -0.15) is 0 Å². The van der Waals surface area contributed by atoms with Crippen LogP contribution in [0.2, 0.25) is 0 Å². The first-order valence-electron chi connectivity index (χ1n) is 8.64. The van der Waals surface area contributed by atoms with E-state index in [4.69, 9.17) is 0 Å². The van der Waals surface area contributed by atoms with Crippen molar-refractivity contribution in [2.75, 3.05) is 26.2 Å². The largest absolute Gasteiger partial charge is 0.342 e. The summed E-state index contributed by atoms with van der Waals surface area (Å²) < 4.78 is 0. The second-order valence-corrected chi connectivity index (χ2v) is 6.79. The summed E-state index contributed by atoms with van der Waals surface area (Å²) in [5.41, 5.74) is 0.488. The van der Waals surface area contributed by atoms with Crippen molar-refractivity contribution in [2.45, 2.75) is 32.6 Å².